The van der Waals surface area contributed by atoms with E-state index in [0.29, 0.717) is 0 Å². The lowest BCUT2D eigenvalue weighted by molar-refractivity contribution is 0.398. The lowest BCUT2D eigenvalue weighted by atomic mass is 10.2. The first-order valence-corrected chi connectivity index (χ1v) is 3.57. The number of nitrogens with one attached hydrogen (secondary N) is 1. The van der Waals surface area contributed by atoms with Crippen LogP contribution in [0.2, 0.25) is 0 Å². The molecule has 3 heteroatoms. The van der Waals surface area contributed by atoms with Gasteiger partial charge in [-0.2, -0.15) is 0 Å². The predicted molar refractivity (Wildman–Crippen MR) is 48.5 cm³/mol. The molecule has 12 heavy (non-hydrogen) atoms. The van der Waals surface area contributed by atoms with Crippen molar-refractivity contribution in [3.8, 4) is 11.5 Å². The van der Waals surface area contributed by atoms with Crippen LogP contribution in [0.5, 0.6) is 11.5 Å². The molecule has 0 aliphatic heterocycles. The molecule has 0 fully saturated rings. The van der Waals surface area contributed by atoms with Crippen molar-refractivity contribution < 1.29 is 9.47 Å². The molecule has 65 valence electrons. The van der Waals surface area contributed by atoms with E-state index in [1.807, 2.05) is 18.2 Å². The number of anilines is 1. The fourth-order valence-electron chi connectivity index (χ4n) is 1.03. The molecule has 0 aliphatic carbocycles. The maximum Gasteiger partial charge on any atom is 0.145 e. The van der Waals surface area contributed by atoms with Crippen molar-refractivity contribution in [1.29, 1.82) is 0 Å². The summed E-state index contributed by atoms with van der Waals surface area (Å²) in [6, 6.07) is 5.55. The molecule has 0 atom stereocenters. The monoisotopic (exact) mass is 166 g/mol. The van der Waals surface area contributed by atoms with E-state index in [9.17, 15) is 0 Å². The van der Waals surface area contributed by atoms with Crippen LogP contribution in [0.15, 0.2) is 18.2 Å². The zero-order valence-corrected chi connectivity index (χ0v) is 7.26. The number of rotatable bonds is 3. The van der Waals surface area contributed by atoms with Crippen LogP contribution in [-0.2, 0) is 0 Å². The quantitative estimate of drug-likeness (QED) is 0.744. The molecule has 0 saturated carbocycles. The summed E-state index contributed by atoms with van der Waals surface area (Å²) in [5.41, 5.74) is 0.766. The zero-order chi connectivity index (χ0) is 8.97. The van der Waals surface area contributed by atoms with E-state index in [1.165, 1.54) is 0 Å². The molecule has 1 radical (unpaired) electrons. The van der Waals surface area contributed by atoms with Gasteiger partial charge in [-0.15, -0.1) is 0 Å². The third-order valence-electron chi connectivity index (χ3n) is 1.60. The molecule has 0 bridgehead atoms. The van der Waals surface area contributed by atoms with E-state index >= 15 is 0 Å². The van der Waals surface area contributed by atoms with Crippen molar-refractivity contribution in [2.75, 3.05) is 19.5 Å². The normalized spacial score (nSPS) is 9.25. The maximum atomic E-state index is 5.10. The number of hydrogen-bond donors (Lipinski definition) is 1. The molecule has 1 aromatic rings. The van der Waals surface area contributed by atoms with Crippen molar-refractivity contribution >= 4 is 5.69 Å². The molecule has 0 aromatic heterocycles. The Kier molecular flexibility index (Phi) is 2.80. The van der Waals surface area contributed by atoms with Gasteiger partial charge in [0.2, 0.25) is 0 Å². The van der Waals surface area contributed by atoms with Crippen LogP contribution < -0.4 is 14.8 Å². The lowest BCUT2D eigenvalue weighted by Crippen LogP contribution is -1.95. The van der Waals surface area contributed by atoms with E-state index < -0.39 is 0 Å². The highest BCUT2D eigenvalue weighted by Gasteiger charge is 2.05. The molecule has 0 unspecified atom stereocenters. The number of methoxy groups -OCH3 is 2. The third kappa shape index (κ3) is 1.44. The second-order valence-corrected chi connectivity index (χ2v) is 2.21. The van der Waals surface area contributed by atoms with E-state index in [4.69, 9.17) is 9.47 Å². The minimum atomic E-state index is 0.726. The molecule has 1 N–H and O–H groups in total. The fourth-order valence-corrected chi connectivity index (χ4v) is 1.03. The first kappa shape index (κ1) is 8.71. The van der Waals surface area contributed by atoms with Crippen molar-refractivity contribution in [1.82, 2.24) is 0 Å². The summed E-state index contributed by atoms with van der Waals surface area (Å²) < 4.78 is 10.2. The number of benzene rings is 1. The number of hydrogen-bond acceptors (Lipinski definition) is 3. The van der Waals surface area contributed by atoms with Gasteiger partial charge in [-0.1, -0.05) is 6.07 Å². The zero-order valence-electron chi connectivity index (χ0n) is 7.26. The molecular formula is C9H12NO2. The molecule has 0 amide bonds. The summed E-state index contributed by atoms with van der Waals surface area (Å²) in [6.07, 6.45) is 0. The van der Waals surface area contributed by atoms with Crippen molar-refractivity contribution in [2.45, 2.75) is 0 Å². The van der Waals surface area contributed by atoms with Gasteiger partial charge in [-0.3, -0.25) is 0 Å². The van der Waals surface area contributed by atoms with Gasteiger partial charge in [-0.25, -0.2) is 0 Å². The second kappa shape index (κ2) is 3.85. The smallest absolute Gasteiger partial charge is 0.145 e. The largest absolute Gasteiger partial charge is 0.494 e. The summed E-state index contributed by atoms with van der Waals surface area (Å²) in [5, 5.41) is 2.77. The van der Waals surface area contributed by atoms with Crippen LogP contribution in [-0.4, -0.2) is 14.2 Å². The molecule has 0 saturated heterocycles. The number of ether oxygens (including phenoxy) is 2. The summed E-state index contributed by atoms with van der Waals surface area (Å²) in [4.78, 5) is 0. The van der Waals surface area contributed by atoms with Gasteiger partial charge < -0.3 is 14.8 Å². The predicted octanol–water partition coefficient (Wildman–Crippen LogP) is 1.91. The maximum absolute atomic E-state index is 5.10. The van der Waals surface area contributed by atoms with E-state index in [0.717, 1.165) is 17.2 Å². The topological polar surface area (TPSA) is 30.5 Å². The van der Waals surface area contributed by atoms with E-state index in [2.05, 4.69) is 12.4 Å². The molecule has 0 spiro atoms. The minimum absolute atomic E-state index is 0.726. The van der Waals surface area contributed by atoms with E-state index in [-0.39, 0.29) is 0 Å². The summed E-state index contributed by atoms with van der Waals surface area (Å²) in [5.74, 6) is 1.45. The van der Waals surface area contributed by atoms with Crippen molar-refractivity contribution in [3.05, 3.63) is 25.2 Å². The van der Waals surface area contributed by atoms with Gasteiger partial charge in [0.05, 0.1) is 14.2 Å². The van der Waals surface area contributed by atoms with Gasteiger partial charge in [0, 0.05) is 7.05 Å². The highest BCUT2D eigenvalue weighted by atomic mass is 16.5. The fraction of sp³-hybridized carbons (Fsp3) is 0.222. The van der Waals surface area contributed by atoms with Crippen LogP contribution in [0.25, 0.3) is 0 Å². The average Bonchev–Trinajstić information content (AvgIpc) is 2.16. The number of para-hydroxylation sites is 1. The van der Waals surface area contributed by atoms with Crippen LogP contribution in [0, 0.1) is 7.05 Å². The van der Waals surface area contributed by atoms with Gasteiger partial charge >= 0.3 is 0 Å². The Morgan fingerprint density at radius 2 is 1.67 bits per heavy atom. The molecular weight excluding hydrogens is 154 g/mol. The molecule has 0 heterocycles. The standard InChI is InChI=1S/C9H12NO2/c1-10-9-7(11-2)5-4-6-8(9)12-3/h4-6,10H,1H2,2-3H3. The SMILES string of the molecule is [CH2]Nc1c(OC)cccc1OC. The molecule has 0 aliphatic rings. The Balaban J connectivity index is 3.13. The van der Waals surface area contributed by atoms with Gasteiger partial charge in [0.25, 0.3) is 0 Å². The lowest BCUT2D eigenvalue weighted by Gasteiger charge is -2.11. The van der Waals surface area contributed by atoms with E-state index in [1.54, 1.807) is 14.2 Å². The first-order valence-electron chi connectivity index (χ1n) is 3.57. The summed E-state index contributed by atoms with van der Waals surface area (Å²) >= 11 is 0. The Morgan fingerprint density at radius 1 is 1.17 bits per heavy atom. The first-order chi connectivity index (χ1) is 5.83. The van der Waals surface area contributed by atoms with Crippen LogP contribution in [0.4, 0.5) is 5.69 Å². The summed E-state index contributed by atoms with van der Waals surface area (Å²) in [6.45, 7) is 0. The highest BCUT2D eigenvalue weighted by molar-refractivity contribution is 5.66. The average molecular weight is 166 g/mol. The van der Waals surface area contributed by atoms with Crippen molar-refractivity contribution in [2.24, 2.45) is 0 Å². The van der Waals surface area contributed by atoms with Gasteiger partial charge in [0.15, 0.2) is 0 Å². The molecule has 1 rings (SSSR count). The molecule has 1 aromatic carbocycles. The molecule has 3 nitrogen and oxygen atoms in total. The van der Waals surface area contributed by atoms with Crippen LogP contribution in [0.1, 0.15) is 0 Å². The van der Waals surface area contributed by atoms with Gasteiger partial charge in [0.1, 0.15) is 17.2 Å². The minimum Gasteiger partial charge on any atom is -0.494 e. The Morgan fingerprint density at radius 3 is 2.00 bits per heavy atom. The van der Waals surface area contributed by atoms with Crippen LogP contribution >= 0.6 is 0 Å². The second-order valence-electron chi connectivity index (χ2n) is 2.21. The Labute approximate surface area is 72.3 Å². The third-order valence-corrected chi connectivity index (χ3v) is 1.60. The summed E-state index contributed by atoms with van der Waals surface area (Å²) in [7, 11) is 6.78. The Hall–Kier alpha value is -1.38. The van der Waals surface area contributed by atoms with Crippen molar-refractivity contribution in [3.63, 3.8) is 0 Å². The Bertz CT molecular complexity index is 238. The van der Waals surface area contributed by atoms with Gasteiger partial charge in [-0.05, 0) is 12.1 Å². The van der Waals surface area contributed by atoms with Crippen LogP contribution in [0.3, 0.4) is 0 Å². The highest BCUT2D eigenvalue weighted by Crippen LogP contribution is 2.33.